The van der Waals surface area contributed by atoms with Crippen LogP contribution in [-0.4, -0.2) is 25.3 Å². The fourth-order valence-electron chi connectivity index (χ4n) is 3.97. The third-order valence-electron chi connectivity index (χ3n) is 5.27. The van der Waals surface area contributed by atoms with Crippen LogP contribution in [0.3, 0.4) is 0 Å². The second kappa shape index (κ2) is 6.64. The Hall–Kier alpha value is -1.13. The normalized spacial score (nSPS) is 25.0. The first-order chi connectivity index (χ1) is 11.3. The molecule has 2 aliphatic rings. The van der Waals surface area contributed by atoms with Crippen LogP contribution in [0.2, 0.25) is 0 Å². The Kier molecular flexibility index (Phi) is 4.89. The Morgan fingerprint density at radius 3 is 2.33 bits per heavy atom. The topological polar surface area (TPSA) is 37.4 Å². The lowest BCUT2D eigenvalue weighted by atomic mass is 9.88. The summed E-state index contributed by atoms with van der Waals surface area (Å²) >= 11 is 0. The molecule has 1 saturated carbocycles. The molecule has 1 aromatic carbocycles. The summed E-state index contributed by atoms with van der Waals surface area (Å²) < 4.78 is 28.1. The van der Waals surface area contributed by atoms with Crippen molar-refractivity contribution >= 4 is 10.0 Å². The molecule has 0 amide bonds. The maximum Gasteiger partial charge on any atom is 0.243 e. The maximum atomic E-state index is 13.2. The Labute approximate surface area is 146 Å². The number of rotatable bonds is 3. The zero-order chi connectivity index (χ0) is 17.4. The molecule has 0 aromatic heterocycles. The lowest BCUT2D eigenvalue weighted by molar-refractivity contribution is 0.373. The van der Waals surface area contributed by atoms with E-state index in [0.29, 0.717) is 11.4 Å². The second-order valence-electron chi connectivity index (χ2n) is 8.18. The second-order valence-corrected chi connectivity index (χ2v) is 10.1. The number of aryl methyl sites for hydroxylation is 1. The van der Waals surface area contributed by atoms with Crippen LogP contribution >= 0.6 is 0 Å². The van der Waals surface area contributed by atoms with Crippen molar-refractivity contribution in [3.05, 3.63) is 41.5 Å². The van der Waals surface area contributed by atoms with E-state index >= 15 is 0 Å². The van der Waals surface area contributed by atoms with Crippen molar-refractivity contribution in [1.29, 1.82) is 0 Å². The van der Waals surface area contributed by atoms with Crippen LogP contribution < -0.4 is 0 Å². The minimum absolute atomic E-state index is 0.000553. The van der Waals surface area contributed by atoms with E-state index < -0.39 is 10.0 Å². The van der Waals surface area contributed by atoms with E-state index in [1.807, 2.05) is 19.1 Å². The standard InChI is InChI=1S/C20H29NO2S/c1-16-9-11-19(12-10-16)24(22,23)21-15-20(2,3)14-18(21)13-17-7-5-4-6-8-17/h9-13,18H,4-8,14-15H2,1-3H3/t18-/m1/s1. The first-order valence-corrected chi connectivity index (χ1v) is 10.5. The summed E-state index contributed by atoms with van der Waals surface area (Å²) in [6.45, 7) is 6.91. The molecule has 1 heterocycles. The molecule has 24 heavy (non-hydrogen) atoms. The van der Waals surface area contributed by atoms with Crippen molar-refractivity contribution < 1.29 is 8.42 Å². The molecule has 3 rings (SSSR count). The maximum absolute atomic E-state index is 13.2. The van der Waals surface area contributed by atoms with Crippen LogP contribution in [0.15, 0.2) is 40.8 Å². The van der Waals surface area contributed by atoms with Gasteiger partial charge in [-0.05, 0) is 56.6 Å². The van der Waals surface area contributed by atoms with E-state index in [-0.39, 0.29) is 11.5 Å². The Balaban J connectivity index is 1.92. The first kappa shape index (κ1) is 17.7. The largest absolute Gasteiger partial charge is 0.243 e. The molecule has 0 bridgehead atoms. The summed E-state index contributed by atoms with van der Waals surface area (Å²) in [5.74, 6) is 0. The zero-order valence-electron chi connectivity index (χ0n) is 15.1. The van der Waals surface area contributed by atoms with Gasteiger partial charge in [0.15, 0.2) is 0 Å². The van der Waals surface area contributed by atoms with Gasteiger partial charge < -0.3 is 0 Å². The van der Waals surface area contributed by atoms with E-state index in [2.05, 4.69) is 19.9 Å². The van der Waals surface area contributed by atoms with E-state index in [1.54, 1.807) is 16.4 Å². The number of nitrogens with zero attached hydrogens (tertiary/aromatic N) is 1. The van der Waals surface area contributed by atoms with Gasteiger partial charge in [-0.25, -0.2) is 8.42 Å². The molecule has 132 valence electrons. The molecule has 1 saturated heterocycles. The SMILES string of the molecule is Cc1ccc(S(=O)(=O)N2CC(C)(C)C[C@H]2C=C2CCCCC2)cc1. The number of sulfonamides is 1. The number of hydrogen-bond acceptors (Lipinski definition) is 2. The highest BCUT2D eigenvalue weighted by Crippen LogP contribution is 2.39. The Bertz CT molecular complexity index is 709. The molecule has 0 N–H and O–H groups in total. The van der Waals surface area contributed by atoms with Crippen molar-refractivity contribution in [2.24, 2.45) is 5.41 Å². The number of hydrogen-bond donors (Lipinski definition) is 0. The van der Waals surface area contributed by atoms with Crippen molar-refractivity contribution in [3.63, 3.8) is 0 Å². The predicted octanol–water partition coefficient (Wildman–Crippen LogP) is 4.67. The predicted molar refractivity (Wildman–Crippen MR) is 98.4 cm³/mol. The van der Waals surface area contributed by atoms with Gasteiger partial charge in [0.05, 0.1) is 4.90 Å². The van der Waals surface area contributed by atoms with Crippen LogP contribution in [0, 0.1) is 12.3 Å². The van der Waals surface area contributed by atoms with Gasteiger partial charge >= 0.3 is 0 Å². The van der Waals surface area contributed by atoms with Crippen LogP contribution in [0.4, 0.5) is 0 Å². The average molecular weight is 348 g/mol. The van der Waals surface area contributed by atoms with E-state index in [1.165, 1.54) is 24.8 Å². The van der Waals surface area contributed by atoms with Crippen LogP contribution in [0.25, 0.3) is 0 Å². The van der Waals surface area contributed by atoms with Crippen molar-refractivity contribution in [2.45, 2.75) is 70.2 Å². The molecular weight excluding hydrogens is 318 g/mol. The van der Waals surface area contributed by atoms with Gasteiger partial charge in [-0.1, -0.05) is 49.6 Å². The number of benzene rings is 1. The Morgan fingerprint density at radius 1 is 1.08 bits per heavy atom. The third-order valence-corrected chi connectivity index (χ3v) is 7.15. The molecule has 4 heteroatoms. The summed E-state index contributed by atoms with van der Waals surface area (Å²) in [4.78, 5) is 0.415. The molecule has 0 radical (unpaired) electrons. The molecule has 1 aromatic rings. The van der Waals surface area contributed by atoms with Crippen molar-refractivity contribution in [1.82, 2.24) is 4.31 Å². The molecule has 3 nitrogen and oxygen atoms in total. The zero-order valence-corrected chi connectivity index (χ0v) is 15.9. The van der Waals surface area contributed by atoms with E-state index in [9.17, 15) is 8.42 Å². The molecule has 0 spiro atoms. The van der Waals surface area contributed by atoms with Gasteiger partial charge in [0.25, 0.3) is 0 Å². The monoisotopic (exact) mass is 347 g/mol. The fourth-order valence-corrected chi connectivity index (χ4v) is 5.73. The smallest absolute Gasteiger partial charge is 0.207 e. The van der Waals surface area contributed by atoms with Gasteiger partial charge in [-0.3, -0.25) is 0 Å². The van der Waals surface area contributed by atoms with Crippen LogP contribution in [0.1, 0.15) is 57.9 Å². The molecular formula is C20H29NO2S. The molecule has 1 aliphatic heterocycles. The lowest BCUT2D eigenvalue weighted by Crippen LogP contribution is -2.35. The van der Waals surface area contributed by atoms with Crippen molar-refractivity contribution in [3.8, 4) is 0 Å². The van der Waals surface area contributed by atoms with E-state index in [4.69, 9.17) is 0 Å². The fraction of sp³-hybridized carbons (Fsp3) is 0.600. The highest BCUT2D eigenvalue weighted by molar-refractivity contribution is 7.89. The molecule has 1 aliphatic carbocycles. The third kappa shape index (κ3) is 3.75. The summed E-state index contributed by atoms with van der Waals surface area (Å²) in [7, 11) is -3.44. The van der Waals surface area contributed by atoms with Gasteiger partial charge in [0.1, 0.15) is 0 Å². The molecule has 0 unspecified atom stereocenters. The summed E-state index contributed by atoms with van der Waals surface area (Å²) in [5.41, 5.74) is 2.55. The summed E-state index contributed by atoms with van der Waals surface area (Å²) in [6.07, 6.45) is 9.23. The van der Waals surface area contributed by atoms with Gasteiger partial charge in [0, 0.05) is 12.6 Å². The lowest BCUT2D eigenvalue weighted by Gasteiger charge is -2.24. The molecule has 2 fully saturated rings. The highest BCUT2D eigenvalue weighted by atomic mass is 32.2. The van der Waals surface area contributed by atoms with Gasteiger partial charge in [-0.2, -0.15) is 4.31 Å². The van der Waals surface area contributed by atoms with Crippen molar-refractivity contribution in [2.75, 3.05) is 6.54 Å². The first-order valence-electron chi connectivity index (χ1n) is 9.06. The quantitative estimate of drug-likeness (QED) is 0.745. The average Bonchev–Trinajstić information content (AvgIpc) is 2.84. The minimum Gasteiger partial charge on any atom is -0.207 e. The van der Waals surface area contributed by atoms with Gasteiger partial charge in [0.2, 0.25) is 10.0 Å². The summed E-state index contributed by atoms with van der Waals surface area (Å²) in [6, 6.07) is 7.23. The highest BCUT2D eigenvalue weighted by Gasteiger charge is 2.43. The molecule has 1 atom stereocenters. The van der Waals surface area contributed by atoms with Crippen LogP contribution in [0.5, 0.6) is 0 Å². The Morgan fingerprint density at radius 2 is 1.71 bits per heavy atom. The van der Waals surface area contributed by atoms with Gasteiger partial charge in [-0.15, -0.1) is 0 Å². The van der Waals surface area contributed by atoms with Crippen LogP contribution in [-0.2, 0) is 10.0 Å². The summed E-state index contributed by atoms with van der Waals surface area (Å²) in [5, 5.41) is 0. The minimum atomic E-state index is -3.44. The number of allylic oxidation sites excluding steroid dienone is 1. The van der Waals surface area contributed by atoms with E-state index in [0.717, 1.165) is 24.8 Å².